The number of methoxy groups -OCH3 is 1. The molecule has 0 bridgehead atoms. The van der Waals surface area contributed by atoms with E-state index in [0.717, 1.165) is 30.1 Å². The van der Waals surface area contributed by atoms with Gasteiger partial charge in [-0.15, -0.1) is 0 Å². The summed E-state index contributed by atoms with van der Waals surface area (Å²) in [5.74, 6) is 0.868. The molecule has 0 N–H and O–H groups in total. The summed E-state index contributed by atoms with van der Waals surface area (Å²) in [6.45, 7) is 3.30. The standard InChI is InChI=1S/C20H23ClN2O3/c1-25-19-9-5-4-8-18(19)22-10-12-23(13-11-22)20(24)15-26-14-16-6-2-3-7-17(16)21/h2-9H,10-15H2,1H3. The summed E-state index contributed by atoms with van der Waals surface area (Å²) in [6.07, 6.45) is 0. The number of ether oxygens (including phenoxy) is 2. The van der Waals surface area contributed by atoms with Crippen molar-refractivity contribution < 1.29 is 14.3 Å². The van der Waals surface area contributed by atoms with Gasteiger partial charge in [-0.3, -0.25) is 4.79 Å². The summed E-state index contributed by atoms with van der Waals surface area (Å²) >= 11 is 6.10. The van der Waals surface area contributed by atoms with E-state index >= 15 is 0 Å². The van der Waals surface area contributed by atoms with Gasteiger partial charge in [-0.05, 0) is 23.8 Å². The third-order valence-corrected chi connectivity index (χ3v) is 4.87. The van der Waals surface area contributed by atoms with Crippen LogP contribution >= 0.6 is 11.6 Å². The fourth-order valence-corrected chi connectivity index (χ4v) is 3.23. The van der Waals surface area contributed by atoms with Crippen molar-refractivity contribution in [3.63, 3.8) is 0 Å². The molecule has 5 nitrogen and oxygen atoms in total. The second kappa shape index (κ2) is 8.92. The molecular weight excluding hydrogens is 352 g/mol. The fourth-order valence-electron chi connectivity index (χ4n) is 3.04. The first-order valence-corrected chi connectivity index (χ1v) is 9.03. The van der Waals surface area contributed by atoms with Crippen LogP contribution in [0, 0.1) is 0 Å². The Hall–Kier alpha value is -2.24. The van der Waals surface area contributed by atoms with Crippen molar-refractivity contribution in [2.75, 3.05) is 44.8 Å². The van der Waals surface area contributed by atoms with Gasteiger partial charge in [0.05, 0.1) is 19.4 Å². The lowest BCUT2D eigenvalue weighted by Gasteiger charge is -2.36. The molecule has 2 aromatic rings. The van der Waals surface area contributed by atoms with Gasteiger partial charge in [0.25, 0.3) is 0 Å². The van der Waals surface area contributed by atoms with E-state index in [1.807, 2.05) is 53.4 Å². The predicted octanol–water partition coefficient (Wildman–Crippen LogP) is 3.21. The maximum absolute atomic E-state index is 12.4. The minimum absolute atomic E-state index is 0.0109. The van der Waals surface area contributed by atoms with Gasteiger partial charge in [0.2, 0.25) is 5.91 Å². The minimum atomic E-state index is 0.0109. The van der Waals surface area contributed by atoms with E-state index in [-0.39, 0.29) is 12.5 Å². The van der Waals surface area contributed by atoms with Crippen LogP contribution in [0.25, 0.3) is 0 Å². The lowest BCUT2D eigenvalue weighted by atomic mass is 10.2. The molecule has 1 amide bonds. The number of amides is 1. The molecule has 2 aromatic carbocycles. The number of piperazine rings is 1. The maximum atomic E-state index is 12.4. The van der Waals surface area contributed by atoms with E-state index in [4.69, 9.17) is 21.1 Å². The molecule has 138 valence electrons. The zero-order valence-corrected chi connectivity index (χ0v) is 15.6. The van der Waals surface area contributed by atoms with Crippen molar-refractivity contribution in [2.45, 2.75) is 6.61 Å². The van der Waals surface area contributed by atoms with Crippen LogP contribution in [0.1, 0.15) is 5.56 Å². The first-order valence-electron chi connectivity index (χ1n) is 8.66. The van der Waals surface area contributed by atoms with Crippen molar-refractivity contribution in [1.29, 1.82) is 0 Å². The van der Waals surface area contributed by atoms with Gasteiger partial charge in [0.15, 0.2) is 0 Å². The predicted molar refractivity (Wildman–Crippen MR) is 103 cm³/mol. The fraction of sp³-hybridized carbons (Fsp3) is 0.350. The Morgan fingerprint density at radius 1 is 1.04 bits per heavy atom. The molecule has 26 heavy (non-hydrogen) atoms. The van der Waals surface area contributed by atoms with E-state index in [9.17, 15) is 4.79 Å². The monoisotopic (exact) mass is 374 g/mol. The number of nitrogens with zero attached hydrogens (tertiary/aromatic N) is 2. The summed E-state index contributed by atoms with van der Waals surface area (Å²) in [5.41, 5.74) is 1.96. The summed E-state index contributed by atoms with van der Waals surface area (Å²) in [6, 6.07) is 15.5. The average molecular weight is 375 g/mol. The second-order valence-electron chi connectivity index (χ2n) is 6.12. The van der Waals surface area contributed by atoms with Crippen molar-refractivity contribution in [2.24, 2.45) is 0 Å². The summed E-state index contributed by atoms with van der Waals surface area (Å²) < 4.78 is 11.0. The first kappa shape index (κ1) is 18.5. The third kappa shape index (κ3) is 4.48. The topological polar surface area (TPSA) is 42.0 Å². The molecule has 1 aliphatic heterocycles. The number of hydrogen-bond donors (Lipinski definition) is 0. The summed E-state index contributed by atoms with van der Waals surface area (Å²) in [5, 5.41) is 0.658. The molecule has 0 unspecified atom stereocenters. The molecule has 0 aliphatic carbocycles. The van der Waals surface area contributed by atoms with Crippen LogP contribution in [-0.4, -0.2) is 50.7 Å². The lowest BCUT2D eigenvalue weighted by Crippen LogP contribution is -2.49. The quantitative estimate of drug-likeness (QED) is 0.778. The number of rotatable bonds is 6. The average Bonchev–Trinajstić information content (AvgIpc) is 2.69. The zero-order valence-electron chi connectivity index (χ0n) is 14.9. The molecule has 0 aromatic heterocycles. The maximum Gasteiger partial charge on any atom is 0.248 e. The largest absolute Gasteiger partial charge is 0.495 e. The smallest absolute Gasteiger partial charge is 0.248 e. The van der Waals surface area contributed by atoms with E-state index in [1.165, 1.54) is 0 Å². The molecule has 0 spiro atoms. The van der Waals surface area contributed by atoms with Gasteiger partial charge in [-0.25, -0.2) is 0 Å². The van der Waals surface area contributed by atoms with Crippen LogP contribution in [0.5, 0.6) is 5.75 Å². The van der Waals surface area contributed by atoms with Crippen LogP contribution in [0.2, 0.25) is 5.02 Å². The summed E-state index contributed by atoms with van der Waals surface area (Å²) in [7, 11) is 1.68. The van der Waals surface area contributed by atoms with Crippen LogP contribution in [-0.2, 0) is 16.1 Å². The molecule has 0 atom stereocenters. The van der Waals surface area contributed by atoms with E-state index in [1.54, 1.807) is 7.11 Å². The van der Waals surface area contributed by atoms with Crippen LogP contribution in [0.15, 0.2) is 48.5 Å². The number of anilines is 1. The number of benzene rings is 2. The van der Waals surface area contributed by atoms with Crippen LogP contribution in [0.4, 0.5) is 5.69 Å². The van der Waals surface area contributed by atoms with E-state index in [0.29, 0.717) is 24.7 Å². The number of carbonyl (C=O) groups excluding carboxylic acids is 1. The Balaban J connectivity index is 1.47. The Morgan fingerprint density at radius 3 is 2.46 bits per heavy atom. The van der Waals surface area contributed by atoms with Crippen molar-refractivity contribution >= 4 is 23.2 Å². The van der Waals surface area contributed by atoms with Gasteiger partial charge in [-0.1, -0.05) is 41.9 Å². The highest BCUT2D eigenvalue weighted by Gasteiger charge is 2.22. The number of halogens is 1. The number of hydrogen-bond acceptors (Lipinski definition) is 4. The van der Waals surface area contributed by atoms with Crippen molar-refractivity contribution in [3.05, 3.63) is 59.1 Å². The minimum Gasteiger partial charge on any atom is -0.495 e. The lowest BCUT2D eigenvalue weighted by molar-refractivity contribution is -0.136. The van der Waals surface area contributed by atoms with Gasteiger partial charge < -0.3 is 19.3 Å². The highest BCUT2D eigenvalue weighted by Crippen LogP contribution is 2.28. The van der Waals surface area contributed by atoms with Gasteiger partial charge in [-0.2, -0.15) is 0 Å². The Morgan fingerprint density at radius 2 is 1.73 bits per heavy atom. The summed E-state index contributed by atoms with van der Waals surface area (Å²) in [4.78, 5) is 16.5. The SMILES string of the molecule is COc1ccccc1N1CCN(C(=O)COCc2ccccc2Cl)CC1. The normalized spacial score (nSPS) is 14.4. The molecule has 1 heterocycles. The zero-order chi connectivity index (χ0) is 18.4. The van der Waals surface area contributed by atoms with E-state index in [2.05, 4.69) is 4.90 Å². The second-order valence-corrected chi connectivity index (χ2v) is 6.53. The molecule has 0 radical (unpaired) electrons. The van der Waals surface area contributed by atoms with Gasteiger partial charge in [0.1, 0.15) is 12.4 Å². The Labute approximate surface area is 159 Å². The molecule has 0 saturated carbocycles. The molecule has 1 fully saturated rings. The Kier molecular flexibility index (Phi) is 6.36. The third-order valence-electron chi connectivity index (χ3n) is 4.50. The Bertz CT molecular complexity index is 745. The molecule has 1 aliphatic rings. The highest BCUT2D eigenvalue weighted by atomic mass is 35.5. The van der Waals surface area contributed by atoms with Crippen LogP contribution in [0.3, 0.4) is 0 Å². The first-order chi connectivity index (χ1) is 12.7. The number of carbonyl (C=O) groups is 1. The number of para-hydroxylation sites is 2. The van der Waals surface area contributed by atoms with Crippen molar-refractivity contribution in [3.8, 4) is 5.75 Å². The van der Waals surface area contributed by atoms with Gasteiger partial charge >= 0.3 is 0 Å². The van der Waals surface area contributed by atoms with Crippen LogP contribution < -0.4 is 9.64 Å². The molecule has 3 rings (SSSR count). The molecule has 6 heteroatoms. The highest BCUT2D eigenvalue weighted by molar-refractivity contribution is 6.31. The van der Waals surface area contributed by atoms with Crippen molar-refractivity contribution in [1.82, 2.24) is 4.90 Å². The van der Waals surface area contributed by atoms with Gasteiger partial charge in [0, 0.05) is 31.2 Å². The molecular formula is C20H23ClN2O3. The van der Waals surface area contributed by atoms with E-state index < -0.39 is 0 Å². The molecule has 1 saturated heterocycles.